The van der Waals surface area contributed by atoms with E-state index in [2.05, 4.69) is 31.6 Å². The third kappa shape index (κ3) is 3.84. The lowest BCUT2D eigenvalue weighted by atomic mass is 10.1. The van der Waals surface area contributed by atoms with Gasteiger partial charge in [-0.3, -0.25) is 4.79 Å². The number of nitrogens with zero attached hydrogens (tertiary/aromatic N) is 3. The number of benzene rings is 3. The van der Waals surface area contributed by atoms with Gasteiger partial charge in [-0.25, -0.2) is 9.07 Å². The summed E-state index contributed by atoms with van der Waals surface area (Å²) in [6.07, 6.45) is 1.70. The summed E-state index contributed by atoms with van der Waals surface area (Å²) in [6, 6.07) is 20.5. The summed E-state index contributed by atoms with van der Waals surface area (Å²) in [7, 11) is 0. The third-order valence-corrected chi connectivity index (χ3v) is 4.69. The van der Waals surface area contributed by atoms with Gasteiger partial charge in [-0.1, -0.05) is 33.3 Å². The maximum atomic E-state index is 13.0. The van der Waals surface area contributed by atoms with Crippen LogP contribution < -0.4 is 5.32 Å². The van der Waals surface area contributed by atoms with Gasteiger partial charge in [0.15, 0.2) is 0 Å². The fourth-order valence-electron chi connectivity index (χ4n) is 2.73. The van der Waals surface area contributed by atoms with Crippen molar-refractivity contribution in [2.24, 2.45) is 0 Å². The lowest BCUT2D eigenvalue weighted by Crippen LogP contribution is -2.11. The van der Waals surface area contributed by atoms with E-state index in [4.69, 9.17) is 0 Å². The minimum Gasteiger partial charge on any atom is -0.322 e. The van der Waals surface area contributed by atoms with Gasteiger partial charge in [-0.15, -0.1) is 5.10 Å². The van der Waals surface area contributed by atoms with Crippen molar-refractivity contribution in [3.8, 4) is 16.9 Å². The Bertz CT molecular complexity index is 1110. The molecule has 0 fully saturated rings. The second-order valence-electron chi connectivity index (χ2n) is 6.05. The van der Waals surface area contributed by atoms with E-state index < -0.39 is 0 Å². The molecule has 5 nitrogen and oxygen atoms in total. The molecule has 0 aliphatic carbocycles. The number of rotatable bonds is 4. The van der Waals surface area contributed by atoms with Crippen molar-refractivity contribution >= 4 is 27.5 Å². The fourth-order valence-corrected chi connectivity index (χ4v) is 3.00. The molecule has 0 radical (unpaired) electrons. The van der Waals surface area contributed by atoms with Crippen LogP contribution in [0.4, 0.5) is 10.1 Å². The predicted octanol–water partition coefficient (Wildman–Crippen LogP) is 5.09. The van der Waals surface area contributed by atoms with Crippen LogP contribution in [0.2, 0.25) is 0 Å². The number of nitrogens with one attached hydrogen (secondary N) is 1. The zero-order valence-electron chi connectivity index (χ0n) is 14.5. The van der Waals surface area contributed by atoms with Crippen molar-refractivity contribution in [1.82, 2.24) is 15.0 Å². The molecule has 4 aromatic rings. The van der Waals surface area contributed by atoms with Crippen molar-refractivity contribution in [2.75, 3.05) is 5.32 Å². The van der Waals surface area contributed by atoms with Crippen LogP contribution in [0.3, 0.4) is 0 Å². The van der Waals surface area contributed by atoms with Gasteiger partial charge in [-0.2, -0.15) is 0 Å². The largest absolute Gasteiger partial charge is 0.322 e. The fraction of sp³-hybridized carbons (Fsp3) is 0. The molecule has 3 aromatic carbocycles. The van der Waals surface area contributed by atoms with Crippen molar-refractivity contribution < 1.29 is 9.18 Å². The molecule has 0 bridgehead atoms. The van der Waals surface area contributed by atoms with Gasteiger partial charge < -0.3 is 5.32 Å². The number of aromatic nitrogens is 3. The van der Waals surface area contributed by atoms with Crippen LogP contribution in [-0.2, 0) is 0 Å². The van der Waals surface area contributed by atoms with E-state index in [-0.39, 0.29) is 11.7 Å². The van der Waals surface area contributed by atoms with Crippen LogP contribution in [0.1, 0.15) is 10.4 Å². The highest BCUT2D eigenvalue weighted by Crippen LogP contribution is 2.24. The molecule has 7 heteroatoms. The van der Waals surface area contributed by atoms with Crippen LogP contribution in [-0.4, -0.2) is 20.9 Å². The van der Waals surface area contributed by atoms with E-state index in [1.165, 1.54) is 24.3 Å². The molecule has 0 spiro atoms. The predicted molar refractivity (Wildman–Crippen MR) is 109 cm³/mol. The third-order valence-electron chi connectivity index (χ3n) is 4.17. The Kier molecular flexibility index (Phi) is 4.99. The van der Waals surface area contributed by atoms with Crippen LogP contribution >= 0.6 is 15.9 Å². The normalized spacial score (nSPS) is 10.6. The van der Waals surface area contributed by atoms with Gasteiger partial charge >= 0.3 is 0 Å². The molecule has 4 rings (SSSR count). The minimum atomic E-state index is -0.379. The van der Waals surface area contributed by atoms with Crippen LogP contribution in [0, 0.1) is 5.82 Å². The van der Waals surface area contributed by atoms with E-state index in [1.54, 1.807) is 23.0 Å². The second kappa shape index (κ2) is 7.74. The summed E-state index contributed by atoms with van der Waals surface area (Å²) in [5.74, 6) is -0.681. The lowest BCUT2D eigenvalue weighted by molar-refractivity contribution is 0.102. The first-order valence-corrected chi connectivity index (χ1v) is 9.23. The van der Waals surface area contributed by atoms with E-state index in [0.29, 0.717) is 11.3 Å². The molecule has 0 atom stereocenters. The number of amides is 1. The summed E-state index contributed by atoms with van der Waals surface area (Å²) < 4.78 is 15.7. The number of hydrogen-bond donors (Lipinski definition) is 1. The monoisotopic (exact) mass is 436 g/mol. The van der Waals surface area contributed by atoms with Gasteiger partial charge in [0, 0.05) is 21.3 Å². The first-order chi connectivity index (χ1) is 13.6. The van der Waals surface area contributed by atoms with Gasteiger partial charge in [0.2, 0.25) is 0 Å². The number of hydrogen-bond acceptors (Lipinski definition) is 3. The number of halogens is 2. The second-order valence-corrected chi connectivity index (χ2v) is 6.96. The molecule has 1 amide bonds. The maximum Gasteiger partial charge on any atom is 0.255 e. The molecule has 0 aliphatic heterocycles. The molecule has 0 aliphatic rings. The Morgan fingerprint density at radius 3 is 2.29 bits per heavy atom. The molecular weight excluding hydrogens is 423 g/mol. The Hall–Kier alpha value is -3.32. The molecule has 0 unspecified atom stereocenters. The smallest absolute Gasteiger partial charge is 0.255 e. The van der Waals surface area contributed by atoms with Crippen molar-refractivity contribution in [2.45, 2.75) is 0 Å². The highest BCUT2D eigenvalue weighted by Gasteiger charge is 2.10. The molecule has 1 heterocycles. The summed E-state index contributed by atoms with van der Waals surface area (Å²) in [5, 5.41) is 11.0. The molecular formula is C21H14BrFN4O. The average molecular weight is 437 g/mol. The zero-order valence-corrected chi connectivity index (χ0v) is 16.1. The average Bonchev–Trinajstić information content (AvgIpc) is 3.19. The Morgan fingerprint density at radius 2 is 1.61 bits per heavy atom. The summed E-state index contributed by atoms with van der Waals surface area (Å²) in [6.45, 7) is 0. The summed E-state index contributed by atoms with van der Waals surface area (Å²) >= 11 is 3.43. The summed E-state index contributed by atoms with van der Waals surface area (Å²) in [5.41, 5.74) is 3.68. The topological polar surface area (TPSA) is 59.8 Å². The number of anilines is 1. The van der Waals surface area contributed by atoms with Gasteiger partial charge in [0.05, 0.1) is 17.6 Å². The van der Waals surface area contributed by atoms with Crippen molar-refractivity contribution in [3.63, 3.8) is 0 Å². The zero-order chi connectivity index (χ0) is 19.5. The SMILES string of the molecule is O=C(Nc1ccc(-n2nncc2-c2ccc(Br)cc2)cc1)c1ccc(F)cc1. The first-order valence-electron chi connectivity index (χ1n) is 8.44. The quantitative estimate of drug-likeness (QED) is 0.484. The van der Waals surface area contributed by atoms with Crippen LogP contribution in [0.25, 0.3) is 16.9 Å². The Morgan fingerprint density at radius 1 is 0.929 bits per heavy atom. The van der Waals surface area contributed by atoms with E-state index >= 15 is 0 Å². The Balaban J connectivity index is 1.54. The van der Waals surface area contributed by atoms with Crippen LogP contribution in [0.15, 0.2) is 83.5 Å². The standard InChI is InChI=1S/C21H14BrFN4O/c22-16-5-1-14(2-6-16)20-13-24-26-27(20)19-11-9-18(10-12-19)25-21(28)15-3-7-17(23)8-4-15/h1-13H,(H,25,28). The van der Waals surface area contributed by atoms with Gasteiger partial charge in [0.1, 0.15) is 5.82 Å². The highest BCUT2D eigenvalue weighted by molar-refractivity contribution is 9.10. The van der Waals surface area contributed by atoms with E-state index in [1.807, 2.05) is 36.4 Å². The highest BCUT2D eigenvalue weighted by atomic mass is 79.9. The van der Waals surface area contributed by atoms with Gasteiger partial charge in [-0.05, 0) is 60.7 Å². The van der Waals surface area contributed by atoms with E-state index in [0.717, 1.165) is 21.4 Å². The minimum absolute atomic E-state index is 0.302. The van der Waals surface area contributed by atoms with Crippen molar-refractivity contribution in [3.05, 3.63) is 94.8 Å². The lowest BCUT2D eigenvalue weighted by Gasteiger charge is -2.09. The van der Waals surface area contributed by atoms with Crippen LogP contribution in [0.5, 0.6) is 0 Å². The number of carbonyl (C=O) groups is 1. The molecule has 1 aromatic heterocycles. The Labute approximate surface area is 169 Å². The first kappa shape index (κ1) is 18.1. The van der Waals surface area contributed by atoms with Crippen molar-refractivity contribution in [1.29, 1.82) is 0 Å². The maximum absolute atomic E-state index is 13.0. The van der Waals surface area contributed by atoms with E-state index in [9.17, 15) is 9.18 Å². The molecule has 0 saturated carbocycles. The molecule has 28 heavy (non-hydrogen) atoms. The summed E-state index contributed by atoms with van der Waals surface area (Å²) in [4.78, 5) is 12.2. The molecule has 138 valence electrons. The molecule has 1 N–H and O–H groups in total. The number of carbonyl (C=O) groups excluding carboxylic acids is 1. The molecule has 0 saturated heterocycles. The van der Waals surface area contributed by atoms with Gasteiger partial charge in [0.25, 0.3) is 5.91 Å².